The number of anilines is 1. The second-order valence-electron chi connectivity index (χ2n) is 5.94. The van der Waals surface area contributed by atoms with Crippen LogP contribution in [0.4, 0.5) is 14.6 Å². The lowest BCUT2D eigenvalue weighted by atomic mass is 9.88. The van der Waals surface area contributed by atoms with Crippen molar-refractivity contribution in [1.82, 2.24) is 10.3 Å². The summed E-state index contributed by atoms with van der Waals surface area (Å²) in [5.41, 5.74) is -0.622. The van der Waals surface area contributed by atoms with Crippen molar-refractivity contribution in [2.24, 2.45) is 0 Å². The Morgan fingerprint density at radius 1 is 1.61 bits per heavy atom. The molecule has 0 spiro atoms. The third kappa shape index (κ3) is 4.11. The van der Waals surface area contributed by atoms with Gasteiger partial charge < -0.3 is 10.6 Å². The SMILES string of the molecule is C#CC(C)(CC)NC(=O)c1cc(Cl)cnc1NC1CC(F)(F)C1. The lowest BCUT2D eigenvalue weighted by molar-refractivity contribution is -0.0794. The molecule has 0 saturated heterocycles. The first-order valence-electron chi connectivity index (χ1n) is 7.28. The number of nitrogens with one attached hydrogen (secondary N) is 2. The molecule has 1 aliphatic carbocycles. The smallest absolute Gasteiger partial charge is 0.256 e. The summed E-state index contributed by atoms with van der Waals surface area (Å²) in [7, 11) is 0. The second-order valence-corrected chi connectivity index (χ2v) is 6.38. The molecule has 1 saturated carbocycles. The number of halogens is 3. The van der Waals surface area contributed by atoms with Crippen LogP contribution in [0.3, 0.4) is 0 Å². The van der Waals surface area contributed by atoms with Gasteiger partial charge in [0.1, 0.15) is 5.82 Å². The maximum atomic E-state index is 12.9. The molecular weight excluding hydrogens is 324 g/mol. The van der Waals surface area contributed by atoms with E-state index in [1.807, 2.05) is 6.92 Å². The maximum absolute atomic E-state index is 12.9. The largest absolute Gasteiger partial charge is 0.366 e. The number of hydrogen-bond acceptors (Lipinski definition) is 3. The van der Waals surface area contributed by atoms with Crippen LogP contribution in [0, 0.1) is 12.3 Å². The van der Waals surface area contributed by atoms with Crippen molar-refractivity contribution >= 4 is 23.3 Å². The summed E-state index contributed by atoms with van der Waals surface area (Å²) < 4.78 is 25.9. The summed E-state index contributed by atoms with van der Waals surface area (Å²) in [4.78, 5) is 16.5. The zero-order chi connectivity index (χ0) is 17.3. The molecule has 0 bridgehead atoms. The molecule has 124 valence electrons. The van der Waals surface area contributed by atoms with E-state index in [1.165, 1.54) is 12.3 Å². The van der Waals surface area contributed by atoms with E-state index in [4.69, 9.17) is 18.0 Å². The van der Waals surface area contributed by atoms with Gasteiger partial charge in [-0.3, -0.25) is 4.79 Å². The van der Waals surface area contributed by atoms with Gasteiger partial charge in [-0.1, -0.05) is 24.4 Å². The molecule has 1 amide bonds. The van der Waals surface area contributed by atoms with Gasteiger partial charge in [-0.2, -0.15) is 0 Å². The van der Waals surface area contributed by atoms with Crippen LogP contribution in [0.5, 0.6) is 0 Å². The summed E-state index contributed by atoms with van der Waals surface area (Å²) in [6.45, 7) is 3.58. The number of amides is 1. The number of nitrogens with zero attached hydrogens (tertiary/aromatic N) is 1. The molecule has 0 aromatic carbocycles. The minimum atomic E-state index is -2.66. The molecule has 1 unspecified atom stereocenters. The molecule has 4 nitrogen and oxygen atoms in total. The van der Waals surface area contributed by atoms with Gasteiger partial charge in [0.25, 0.3) is 11.8 Å². The average Bonchev–Trinajstić information content (AvgIpc) is 2.46. The normalized spacial score (nSPS) is 19.1. The fourth-order valence-corrected chi connectivity index (χ4v) is 2.39. The van der Waals surface area contributed by atoms with Crippen LogP contribution in [-0.4, -0.2) is 28.4 Å². The molecule has 0 radical (unpaired) electrons. The van der Waals surface area contributed by atoms with Gasteiger partial charge in [-0.25, -0.2) is 13.8 Å². The van der Waals surface area contributed by atoms with Crippen molar-refractivity contribution in [3.05, 3.63) is 22.8 Å². The number of alkyl halides is 2. The van der Waals surface area contributed by atoms with E-state index in [1.54, 1.807) is 6.92 Å². The van der Waals surface area contributed by atoms with Gasteiger partial charge in [-0.05, 0) is 19.4 Å². The molecule has 2 N–H and O–H groups in total. The second kappa shape index (κ2) is 6.32. The molecule has 1 aliphatic rings. The van der Waals surface area contributed by atoms with E-state index >= 15 is 0 Å². The van der Waals surface area contributed by atoms with Gasteiger partial charge in [0, 0.05) is 25.1 Å². The van der Waals surface area contributed by atoms with Gasteiger partial charge in [0.2, 0.25) is 0 Å². The summed E-state index contributed by atoms with van der Waals surface area (Å²) in [5, 5.41) is 5.89. The van der Waals surface area contributed by atoms with Crippen LogP contribution >= 0.6 is 11.6 Å². The molecule has 1 atom stereocenters. The standard InChI is InChI=1S/C16H18ClF2N3O/c1-4-15(3,5-2)22-14(23)12-6-10(17)9-20-13(12)21-11-7-16(18,19)8-11/h1,6,9,11H,5,7-8H2,2-3H3,(H,20,21)(H,22,23). The molecule has 23 heavy (non-hydrogen) atoms. The van der Waals surface area contributed by atoms with Crippen LogP contribution in [-0.2, 0) is 0 Å². The highest BCUT2D eigenvalue weighted by Crippen LogP contribution is 2.39. The minimum Gasteiger partial charge on any atom is -0.366 e. The summed E-state index contributed by atoms with van der Waals surface area (Å²) in [6.07, 6.45) is 6.78. The van der Waals surface area contributed by atoms with Gasteiger partial charge in [-0.15, -0.1) is 6.42 Å². The third-order valence-electron chi connectivity index (χ3n) is 3.94. The Kier molecular flexibility index (Phi) is 4.81. The van der Waals surface area contributed by atoms with Crippen molar-refractivity contribution in [2.75, 3.05) is 5.32 Å². The summed E-state index contributed by atoms with van der Waals surface area (Å²) in [5.74, 6) is -0.348. The van der Waals surface area contributed by atoms with E-state index in [-0.39, 0.29) is 29.2 Å². The fourth-order valence-electron chi connectivity index (χ4n) is 2.23. The topological polar surface area (TPSA) is 54.0 Å². The first-order chi connectivity index (χ1) is 10.7. The lowest BCUT2D eigenvalue weighted by Gasteiger charge is -2.36. The van der Waals surface area contributed by atoms with Crippen molar-refractivity contribution in [3.63, 3.8) is 0 Å². The van der Waals surface area contributed by atoms with E-state index < -0.39 is 23.4 Å². The summed E-state index contributed by atoms with van der Waals surface area (Å²) in [6, 6.07) is 1.02. The number of hydrogen-bond donors (Lipinski definition) is 2. The van der Waals surface area contributed by atoms with Crippen LogP contribution in [0.1, 0.15) is 43.5 Å². The Morgan fingerprint density at radius 2 is 2.26 bits per heavy atom. The quantitative estimate of drug-likeness (QED) is 0.806. The van der Waals surface area contributed by atoms with E-state index in [2.05, 4.69) is 21.5 Å². The number of carbonyl (C=O) groups is 1. The van der Waals surface area contributed by atoms with E-state index in [0.717, 1.165) is 0 Å². The number of carbonyl (C=O) groups excluding carboxylic acids is 1. The molecule has 7 heteroatoms. The van der Waals surface area contributed by atoms with Gasteiger partial charge in [0.05, 0.1) is 16.1 Å². The van der Waals surface area contributed by atoms with Crippen LogP contribution in [0.25, 0.3) is 0 Å². The fraction of sp³-hybridized carbons (Fsp3) is 0.500. The lowest BCUT2D eigenvalue weighted by Crippen LogP contribution is -2.46. The highest BCUT2D eigenvalue weighted by atomic mass is 35.5. The van der Waals surface area contributed by atoms with E-state index in [0.29, 0.717) is 6.42 Å². The predicted molar refractivity (Wildman–Crippen MR) is 85.8 cm³/mol. The Hall–Kier alpha value is -1.87. The Morgan fingerprint density at radius 3 is 2.78 bits per heavy atom. The first-order valence-corrected chi connectivity index (χ1v) is 7.66. The monoisotopic (exact) mass is 341 g/mol. The molecule has 1 fully saturated rings. The third-order valence-corrected chi connectivity index (χ3v) is 4.15. The maximum Gasteiger partial charge on any atom is 0.256 e. The summed E-state index contributed by atoms with van der Waals surface area (Å²) >= 11 is 5.90. The highest BCUT2D eigenvalue weighted by molar-refractivity contribution is 6.31. The van der Waals surface area contributed by atoms with Gasteiger partial charge >= 0.3 is 0 Å². The zero-order valence-electron chi connectivity index (χ0n) is 12.9. The number of rotatable bonds is 5. The van der Waals surface area contributed by atoms with Crippen LogP contribution in [0.15, 0.2) is 12.3 Å². The average molecular weight is 342 g/mol. The Bertz CT molecular complexity index is 651. The van der Waals surface area contributed by atoms with Crippen molar-refractivity contribution in [3.8, 4) is 12.3 Å². The molecule has 0 aliphatic heterocycles. The van der Waals surface area contributed by atoms with E-state index in [9.17, 15) is 13.6 Å². The van der Waals surface area contributed by atoms with Crippen molar-refractivity contribution < 1.29 is 13.6 Å². The predicted octanol–water partition coefficient (Wildman–Crippen LogP) is 3.48. The number of aromatic nitrogens is 1. The molecule has 1 heterocycles. The number of terminal acetylenes is 1. The van der Waals surface area contributed by atoms with Crippen molar-refractivity contribution in [2.45, 2.75) is 50.6 Å². The minimum absolute atomic E-state index is 0.183. The highest BCUT2D eigenvalue weighted by Gasteiger charge is 2.45. The molecule has 1 aromatic rings. The molecule has 1 aromatic heterocycles. The molecule has 2 rings (SSSR count). The molecular formula is C16H18ClF2N3O. The Labute approximate surface area is 139 Å². The Balaban J connectivity index is 2.19. The van der Waals surface area contributed by atoms with Crippen molar-refractivity contribution in [1.29, 1.82) is 0 Å². The zero-order valence-corrected chi connectivity index (χ0v) is 13.7. The van der Waals surface area contributed by atoms with Crippen LogP contribution < -0.4 is 10.6 Å². The van der Waals surface area contributed by atoms with Crippen LogP contribution in [0.2, 0.25) is 5.02 Å². The van der Waals surface area contributed by atoms with Gasteiger partial charge in [0.15, 0.2) is 0 Å². The first kappa shape index (κ1) is 17.5. The number of pyridine rings is 1.